The van der Waals surface area contributed by atoms with E-state index in [-0.39, 0.29) is 11.8 Å². The average Bonchev–Trinajstić information content (AvgIpc) is 3.16. The second-order valence-electron chi connectivity index (χ2n) is 5.58. The van der Waals surface area contributed by atoms with Gasteiger partial charge in [-0.1, -0.05) is 42.4 Å². The molecule has 0 unspecified atom stereocenters. The van der Waals surface area contributed by atoms with Gasteiger partial charge >= 0.3 is 0 Å². The molecule has 0 aliphatic carbocycles. The number of aryl methyl sites for hydroxylation is 1. The highest BCUT2D eigenvalue weighted by molar-refractivity contribution is 7.88. The van der Waals surface area contributed by atoms with Crippen LogP contribution in [0.2, 0.25) is 0 Å². The molecule has 1 aliphatic heterocycles. The molecule has 118 valence electrons. The van der Waals surface area contributed by atoms with E-state index in [0.717, 1.165) is 30.5 Å². The summed E-state index contributed by atoms with van der Waals surface area (Å²) < 4.78 is 32.4. The van der Waals surface area contributed by atoms with E-state index in [9.17, 15) is 8.42 Å². The van der Waals surface area contributed by atoms with Gasteiger partial charge in [-0.3, -0.25) is 0 Å². The Morgan fingerprint density at radius 2 is 2.09 bits per heavy atom. The summed E-state index contributed by atoms with van der Waals surface area (Å²) in [5, 5.41) is 3.98. The van der Waals surface area contributed by atoms with Crippen LogP contribution < -0.4 is 0 Å². The van der Waals surface area contributed by atoms with Crippen LogP contribution in [0.1, 0.15) is 42.8 Å². The van der Waals surface area contributed by atoms with Crippen molar-refractivity contribution in [1.82, 2.24) is 9.46 Å². The number of aromatic nitrogens is 1. The second kappa shape index (κ2) is 6.22. The molecule has 0 spiro atoms. The minimum absolute atomic E-state index is 0.0269. The van der Waals surface area contributed by atoms with Crippen molar-refractivity contribution in [2.45, 2.75) is 38.0 Å². The Hall–Kier alpha value is -1.66. The van der Waals surface area contributed by atoms with Gasteiger partial charge < -0.3 is 4.52 Å². The second-order valence-corrected chi connectivity index (χ2v) is 7.51. The summed E-state index contributed by atoms with van der Waals surface area (Å²) in [6.07, 6.45) is 2.42. The molecule has 2 heterocycles. The predicted octanol–water partition coefficient (Wildman–Crippen LogP) is 2.90. The Kier molecular flexibility index (Phi) is 4.31. The zero-order valence-electron chi connectivity index (χ0n) is 12.6. The lowest BCUT2D eigenvalue weighted by Crippen LogP contribution is -2.31. The van der Waals surface area contributed by atoms with Gasteiger partial charge in [0.15, 0.2) is 5.76 Å². The van der Waals surface area contributed by atoms with Crippen LogP contribution in [0, 0.1) is 0 Å². The Morgan fingerprint density at radius 1 is 1.32 bits per heavy atom. The van der Waals surface area contributed by atoms with Crippen LogP contribution in [0.5, 0.6) is 0 Å². The van der Waals surface area contributed by atoms with Crippen molar-refractivity contribution in [3.05, 3.63) is 53.4 Å². The zero-order valence-corrected chi connectivity index (χ0v) is 13.4. The van der Waals surface area contributed by atoms with Crippen LogP contribution in [-0.2, 0) is 22.2 Å². The number of hydrogen-bond acceptors (Lipinski definition) is 4. The summed E-state index contributed by atoms with van der Waals surface area (Å²) in [4.78, 5) is 0. The average molecular weight is 320 g/mol. The van der Waals surface area contributed by atoms with Crippen molar-refractivity contribution in [3.8, 4) is 0 Å². The van der Waals surface area contributed by atoms with E-state index < -0.39 is 10.0 Å². The summed E-state index contributed by atoms with van der Waals surface area (Å²) in [5.41, 5.74) is 1.67. The molecule has 1 aromatic heterocycles. The van der Waals surface area contributed by atoms with Crippen molar-refractivity contribution in [3.63, 3.8) is 0 Å². The van der Waals surface area contributed by atoms with Crippen LogP contribution in [0.3, 0.4) is 0 Å². The third kappa shape index (κ3) is 3.08. The topological polar surface area (TPSA) is 63.4 Å². The van der Waals surface area contributed by atoms with E-state index in [2.05, 4.69) is 5.16 Å². The van der Waals surface area contributed by atoms with E-state index in [4.69, 9.17) is 4.52 Å². The molecule has 0 saturated carbocycles. The van der Waals surface area contributed by atoms with Crippen LogP contribution in [-0.4, -0.2) is 24.4 Å². The van der Waals surface area contributed by atoms with E-state index >= 15 is 0 Å². The van der Waals surface area contributed by atoms with Crippen molar-refractivity contribution in [2.75, 3.05) is 6.54 Å². The summed E-state index contributed by atoms with van der Waals surface area (Å²) in [7, 11) is -3.36. The molecule has 0 amide bonds. The van der Waals surface area contributed by atoms with Crippen LogP contribution in [0.25, 0.3) is 0 Å². The maximum Gasteiger partial charge on any atom is 0.218 e. The van der Waals surface area contributed by atoms with E-state index in [1.165, 1.54) is 0 Å². The van der Waals surface area contributed by atoms with Gasteiger partial charge in [0.1, 0.15) is 0 Å². The summed E-state index contributed by atoms with van der Waals surface area (Å²) >= 11 is 0. The fourth-order valence-corrected chi connectivity index (χ4v) is 4.66. The highest BCUT2D eigenvalue weighted by atomic mass is 32.2. The quantitative estimate of drug-likeness (QED) is 0.850. The summed E-state index contributed by atoms with van der Waals surface area (Å²) in [6, 6.07) is 10.9. The largest absolute Gasteiger partial charge is 0.359 e. The molecule has 0 bridgehead atoms. The molecule has 1 aromatic carbocycles. The molecule has 3 rings (SSSR count). The highest BCUT2D eigenvalue weighted by Crippen LogP contribution is 2.35. The highest BCUT2D eigenvalue weighted by Gasteiger charge is 2.37. The maximum atomic E-state index is 12.7. The van der Waals surface area contributed by atoms with E-state index in [0.29, 0.717) is 12.3 Å². The molecule has 22 heavy (non-hydrogen) atoms. The fraction of sp³-hybridized carbons (Fsp3) is 0.438. The van der Waals surface area contributed by atoms with Gasteiger partial charge in [-0.15, -0.1) is 0 Å². The Balaban J connectivity index is 1.82. The molecular weight excluding hydrogens is 300 g/mol. The van der Waals surface area contributed by atoms with Crippen molar-refractivity contribution < 1.29 is 12.9 Å². The van der Waals surface area contributed by atoms with E-state index in [1.807, 2.05) is 43.3 Å². The zero-order chi connectivity index (χ0) is 15.6. The summed E-state index contributed by atoms with van der Waals surface area (Å²) in [5.74, 6) is 0.685. The monoisotopic (exact) mass is 320 g/mol. The van der Waals surface area contributed by atoms with E-state index in [1.54, 1.807) is 4.31 Å². The number of sulfonamides is 1. The van der Waals surface area contributed by atoms with Crippen molar-refractivity contribution in [2.24, 2.45) is 0 Å². The molecule has 1 aliphatic rings. The van der Waals surface area contributed by atoms with Gasteiger partial charge in [0, 0.05) is 12.6 Å². The first-order valence-corrected chi connectivity index (χ1v) is 9.20. The number of nitrogens with zero attached hydrogens (tertiary/aromatic N) is 2. The molecule has 0 N–H and O–H groups in total. The smallest absolute Gasteiger partial charge is 0.218 e. The Morgan fingerprint density at radius 3 is 2.77 bits per heavy atom. The number of hydrogen-bond donors (Lipinski definition) is 0. The first-order valence-electron chi connectivity index (χ1n) is 7.59. The minimum atomic E-state index is -3.36. The molecule has 2 aromatic rings. The van der Waals surface area contributed by atoms with Crippen molar-refractivity contribution in [1.29, 1.82) is 0 Å². The molecule has 1 fully saturated rings. The molecule has 0 radical (unpaired) electrons. The van der Waals surface area contributed by atoms with Crippen LogP contribution >= 0.6 is 0 Å². The third-order valence-corrected chi connectivity index (χ3v) is 5.87. The van der Waals surface area contributed by atoms with Gasteiger partial charge in [-0.25, -0.2) is 8.42 Å². The van der Waals surface area contributed by atoms with Crippen LogP contribution in [0.4, 0.5) is 0 Å². The summed E-state index contributed by atoms with van der Waals surface area (Å²) in [6.45, 7) is 2.54. The Labute approximate surface area is 131 Å². The first kappa shape index (κ1) is 15.2. The van der Waals surface area contributed by atoms with Gasteiger partial charge in [0.25, 0.3) is 0 Å². The van der Waals surface area contributed by atoms with Gasteiger partial charge in [-0.05, 0) is 24.8 Å². The standard InChI is InChI=1S/C16H20N2O3S/c1-2-14-11-16(21-17-14)15-9-6-10-18(15)22(19,20)12-13-7-4-3-5-8-13/h3-5,7-8,11,15H,2,6,9-10,12H2,1H3/t15-/m1/s1. The normalized spacial score (nSPS) is 19.6. The predicted molar refractivity (Wildman–Crippen MR) is 83.6 cm³/mol. The Bertz CT molecular complexity index is 725. The lowest BCUT2D eigenvalue weighted by Gasteiger charge is -2.22. The third-order valence-electron chi connectivity index (χ3n) is 4.02. The SMILES string of the molecule is CCc1cc([C@H]2CCCN2S(=O)(=O)Cc2ccccc2)on1. The molecule has 6 heteroatoms. The molecule has 1 atom stereocenters. The van der Waals surface area contributed by atoms with Gasteiger partial charge in [0.05, 0.1) is 17.5 Å². The number of rotatable bonds is 5. The fourth-order valence-electron chi connectivity index (χ4n) is 2.88. The van der Waals surface area contributed by atoms with Crippen LogP contribution in [0.15, 0.2) is 40.9 Å². The lowest BCUT2D eigenvalue weighted by atomic mass is 10.1. The minimum Gasteiger partial charge on any atom is -0.359 e. The van der Waals surface area contributed by atoms with Crippen molar-refractivity contribution >= 4 is 10.0 Å². The molecular formula is C16H20N2O3S. The van der Waals surface area contributed by atoms with Gasteiger partial charge in [-0.2, -0.15) is 4.31 Å². The molecule has 5 nitrogen and oxygen atoms in total. The first-order chi connectivity index (χ1) is 10.6. The maximum absolute atomic E-state index is 12.7. The lowest BCUT2D eigenvalue weighted by molar-refractivity contribution is 0.296. The molecule has 1 saturated heterocycles. The van der Waals surface area contributed by atoms with Gasteiger partial charge in [0.2, 0.25) is 10.0 Å². The number of benzene rings is 1.